The number of aliphatic imine (C=N–C) groups is 1. The molecule has 0 aliphatic carbocycles. The average molecular weight is 484 g/mol. The molecule has 4 nitrogen and oxygen atoms in total. The van der Waals surface area contributed by atoms with Gasteiger partial charge in [0.2, 0.25) is 0 Å². The van der Waals surface area contributed by atoms with Crippen molar-refractivity contribution in [3.63, 3.8) is 0 Å². The third-order valence-electron chi connectivity index (χ3n) is 4.41. The number of nitrogens with zero attached hydrogens (tertiary/aromatic N) is 2. The molecule has 0 bridgehead atoms. The zero-order valence-corrected chi connectivity index (χ0v) is 17.6. The van der Waals surface area contributed by atoms with Crippen LogP contribution in [0.2, 0.25) is 0 Å². The summed E-state index contributed by atoms with van der Waals surface area (Å²) >= 11 is 0. The Morgan fingerprint density at radius 1 is 1.23 bits per heavy atom. The predicted molar refractivity (Wildman–Crippen MR) is 110 cm³/mol. The number of rotatable bonds is 5. The molecule has 0 saturated carbocycles. The van der Waals surface area contributed by atoms with E-state index in [1.165, 1.54) is 6.07 Å². The fraction of sp³-hybridized carbons (Fsp3) is 0.611. The van der Waals surface area contributed by atoms with Gasteiger partial charge in [0.1, 0.15) is 0 Å². The quantitative estimate of drug-likeness (QED) is 0.381. The highest BCUT2D eigenvalue weighted by atomic mass is 127. The lowest BCUT2D eigenvalue weighted by Gasteiger charge is -2.29. The van der Waals surface area contributed by atoms with E-state index in [0.717, 1.165) is 44.6 Å². The highest BCUT2D eigenvalue weighted by molar-refractivity contribution is 14.0. The van der Waals surface area contributed by atoms with Crippen LogP contribution in [0.1, 0.15) is 30.9 Å². The molecule has 0 amide bonds. The molecule has 2 rings (SSSR count). The number of halogens is 4. The van der Waals surface area contributed by atoms with Crippen molar-refractivity contribution in [3.05, 3.63) is 35.4 Å². The number of hydrogen-bond acceptors (Lipinski definition) is 2. The van der Waals surface area contributed by atoms with Gasteiger partial charge in [-0.1, -0.05) is 12.1 Å². The van der Waals surface area contributed by atoms with Gasteiger partial charge < -0.3 is 15.5 Å². The Morgan fingerprint density at radius 2 is 1.92 bits per heavy atom. The van der Waals surface area contributed by atoms with Crippen LogP contribution in [-0.2, 0) is 12.7 Å². The van der Waals surface area contributed by atoms with Gasteiger partial charge in [-0.15, -0.1) is 24.0 Å². The highest BCUT2D eigenvalue weighted by Crippen LogP contribution is 2.29. The smallest absolute Gasteiger partial charge is 0.357 e. The van der Waals surface area contributed by atoms with Crippen molar-refractivity contribution in [2.24, 2.45) is 10.9 Å². The summed E-state index contributed by atoms with van der Waals surface area (Å²) in [5, 5.41) is 6.47. The summed E-state index contributed by atoms with van der Waals surface area (Å²) in [7, 11) is 2.13. The van der Waals surface area contributed by atoms with E-state index in [-0.39, 0.29) is 30.5 Å². The van der Waals surface area contributed by atoms with Gasteiger partial charge in [0, 0.05) is 13.1 Å². The van der Waals surface area contributed by atoms with Gasteiger partial charge in [-0.2, -0.15) is 13.2 Å². The first kappa shape index (κ1) is 23.0. The zero-order chi connectivity index (χ0) is 18.3. The molecule has 1 saturated heterocycles. The Labute approximate surface area is 170 Å². The van der Waals surface area contributed by atoms with Crippen LogP contribution in [-0.4, -0.2) is 44.1 Å². The standard InChI is InChI=1S/C18H27F3N4.HI/c1-3-22-17(23-12-14-7-9-25(2)10-8-14)24-13-15-5-4-6-16(11-15)18(19,20)21;/h4-6,11,14H,3,7-10,12-13H2,1-2H3,(H2,22,23,24);1H. The van der Waals surface area contributed by atoms with E-state index in [0.29, 0.717) is 24.0 Å². The molecule has 148 valence electrons. The van der Waals surface area contributed by atoms with Gasteiger partial charge in [0.15, 0.2) is 5.96 Å². The number of guanidine groups is 1. The SMILES string of the molecule is CCNC(=NCc1cccc(C(F)(F)F)c1)NCC1CCN(C)CC1.I. The van der Waals surface area contributed by atoms with Crippen molar-refractivity contribution in [1.82, 2.24) is 15.5 Å². The minimum absolute atomic E-state index is 0. The summed E-state index contributed by atoms with van der Waals surface area (Å²) in [6, 6.07) is 5.33. The summed E-state index contributed by atoms with van der Waals surface area (Å²) in [4.78, 5) is 6.75. The molecule has 8 heteroatoms. The van der Waals surface area contributed by atoms with E-state index in [1.807, 2.05) is 6.92 Å². The Morgan fingerprint density at radius 3 is 2.54 bits per heavy atom. The lowest BCUT2D eigenvalue weighted by Crippen LogP contribution is -2.42. The van der Waals surface area contributed by atoms with Crippen molar-refractivity contribution in [1.29, 1.82) is 0 Å². The molecule has 1 heterocycles. The fourth-order valence-corrected chi connectivity index (χ4v) is 2.87. The molecule has 26 heavy (non-hydrogen) atoms. The molecular formula is C18H28F3IN4. The number of piperidine rings is 1. The van der Waals surface area contributed by atoms with Crippen molar-refractivity contribution >= 4 is 29.9 Å². The third-order valence-corrected chi connectivity index (χ3v) is 4.41. The van der Waals surface area contributed by atoms with E-state index in [9.17, 15) is 13.2 Å². The lowest BCUT2D eigenvalue weighted by molar-refractivity contribution is -0.137. The molecule has 1 aromatic carbocycles. The van der Waals surface area contributed by atoms with Crippen molar-refractivity contribution < 1.29 is 13.2 Å². The molecule has 1 aliphatic heterocycles. The molecule has 0 radical (unpaired) electrons. The first-order valence-corrected chi connectivity index (χ1v) is 8.75. The topological polar surface area (TPSA) is 39.7 Å². The maximum Gasteiger partial charge on any atom is 0.416 e. The first-order chi connectivity index (χ1) is 11.9. The molecule has 0 aromatic heterocycles. The molecule has 0 unspecified atom stereocenters. The maximum atomic E-state index is 12.8. The van der Waals surface area contributed by atoms with Gasteiger partial charge in [-0.3, -0.25) is 0 Å². The first-order valence-electron chi connectivity index (χ1n) is 8.75. The van der Waals surface area contributed by atoms with E-state index < -0.39 is 11.7 Å². The second-order valence-corrected chi connectivity index (χ2v) is 6.52. The van der Waals surface area contributed by atoms with Crippen LogP contribution in [0, 0.1) is 5.92 Å². The number of hydrogen-bond donors (Lipinski definition) is 2. The van der Waals surface area contributed by atoms with E-state index in [2.05, 4.69) is 27.6 Å². The molecule has 1 aliphatic rings. The second-order valence-electron chi connectivity index (χ2n) is 6.52. The summed E-state index contributed by atoms with van der Waals surface area (Å²) in [6.45, 7) is 5.93. The van der Waals surface area contributed by atoms with E-state index >= 15 is 0 Å². The Hall–Kier alpha value is -1.03. The Balaban J connectivity index is 0.00000338. The van der Waals surface area contributed by atoms with Gasteiger partial charge in [-0.05, 0) is 63.5 Å². The van der Waals surface area contributed by atoms with Crippen LogP contribution in [0.4, 0.5) is 13.2 Å². The summed E-state index contributed by atoms with van der Waals surface area (Å²) in [6.07, 6.45) is -2.02. The van der Waals surface area contributed by atoms with Gasteiger partial charge in [-0.25, -0.2) is 4.99 Å². The van der Waals surface area contributed by atoms with Crippen LogP contribution in [0.15, 0.2) is 29.3 Å². The van der Waals surface area contributed by atoms with Crippen LogP contribution < -0.4 is 10.6 Å². The van der Waals surface area contributed by atoms with Gasteiger partial charge in [0.25, 0.3) is 0 Å². The second kappa shape index (κ2) is 11.0. The maximum absolute atomic E-state index is 12.8. The van der Waals surface area contributed by atoms with Crippen LogP contribution >= 0.6 is 24.0 Å². The summed E-state index contributed by atoms with van der Waals surface area (Å²) in [5.41, 5.74) is -0.0872. The Kier molecular flexibility index (Phi) is 9.70. The van der Waals surface area contributed by atoms with Crippen molar-refractivity contribution in [3.8, 4) is 0 Å². The van der Waals surface area contributed by atoms with Crippen LogP contribution in [0.3, 0.4) is 0 Å². The number of alkyl halides is 3. The molecule has 1 fully saturated rings. The van der Waals surface area contributed by atoms with Crippen LogP contribution in [0.25, 0.3) is 0 Å². The summed E-state index contributed by atoms with van der Waals surface area (Å²) in [5.74, 6) is 1.26. The summed E-state index contributed by atoms with van der Waals surface area (Å²) < 4.78 is 38.3. The van der Waals surface area contributed by atoms with Crippen molar-refractivity contribution in [2.45, 2.75) is 32.5 Å². The van der Waals surface area contributed by atoms with E-state index in [4.69, 9.17) is 0 Å². The minimum atomic E-state index is -4.32. The van der Waals surface area contributed by atoms with E-state index in [1.54, 1.807) is 6.07 Å². The highest BCUT2D eigenvalue weighted by Gasteiger charge is 2.30. The normalized spacial score (nSPS) is 16.9. The van der Waals surface area contributed by atoms with Gasteiger partial charge >= 0.3 is 6.18 Å². The molecule has 2 N–H and O–H groups in total. The number of likely N-dealkylation sites (tertiary alicyclic amines) is 1. The predicted octanol–water partition coefficient (Wildman–Crippen LogP) is 3.72. The molecule has 0 spiro atoms. The molecule has 0 atom stereocenters. The van der Waals surface area contributed by atoms with Crippen molar-refractivity contribution in [2.75, 3.05) is 33.2 Å². The zero-order valence-electron chi connectivity index (χ0n) is 15.3. The number of benzene rings is 1. The molecule has 1 aromatic rings. The van der Waals surface area contributed by atoms with Gasteiger partial charge in [0.05, 0.1) is 12.1 Å². The molecular weight excluding hydrogens is 456 g/mol. The largest absolute Gasteiger partial charge is 0.416 e. The Bertz CT molecular complexity index is 570. The fourth-order valence-electron chi connectivity index (χ4n) is 2.87. The third kappa shape index (κ3) is 7.69. The average Bonchev–Trinajstić information content (AvgIpc) is 2.58. The minimum Gasteiger partial charge on any atom is -0.357 e. The monoisotopic (exact) mass is 484 g/mol. The van der Waals surface area contributed by atoms with Crippen LogP contribution in [0.5, 0.6) is 0 Å². The lowest BCUT2D eigenvalue weighted by atomic mass is 9.97. The number of nitrogens with one attached hydrogen (secondary N) is 2.